The Balaban J connectivity index is 1.92. The van der Waals surface area contributed by atoms with E-state index in [0.29, 0.717) is 13.2 Å². The second kappa shape index (κ2) is 9.85. The largest absolute Gasteiger partial charge is 0.492 e. The van der Waals surface area contributed by atoms with Crippen LogP contribution in [-0.4, -0.2) is 49.3 Å². The molecule has 142 valence electrons. The maximum absolute atomic E-state index is 5.78. The van der Waals surface area contributed by atoms with Gasteiger partial charge in [-0.05, 0) is 32.9 Å². The lowest BCUT2D eigenvalue weighted by Gasteiger charge is -2.22. The van der Waals surface area contributed by atoms with Crippen LogP contribution in [0.5, 0.6) is 5.75 Å². The lowest BCUT2D eigenvalue weighted by Crippen LogP contribution is -2.41. The molecule has 1 aromatic carbocycles. The smallest absolute Gasteiger partial charge is 0.193 e. The molecule has 2 rings (SSSR count). The van der Waals surface area contributed by atoms with Gasteiger partial charge >= 0.3 is 0 Å². The lowest BCUT2D eigenvalue weighted by molar-refractivity contribution is 0.281. The van der Waals surface area contributed by atoms with Crippen molar-refractivity contribution in [1.29, 1.82) is 0 Å². The van der Waals surface area contributed by atoms with Gasteiger partial charge in [0.05, 0.1) is 12.2 Å². The molecule has 0 aliphatic heterocycles. The van der Waals surface area contributed by atoms with Crippen LogP contribution in [-0.2, 0) is 0 Å². The molecule has 6 nitrogen and oxygen atoms in total. The molecule has 1 heterocycles. The molecule has 1 atom stereocenters. The van der Waals surface area contributed by atoms with Crippen molar-refractivity contribution in [2.75, 3.05) is 33.3 Å². The van der Waals surface area contributed by atoms with Gasteiger partial charge in [-0.3, -0.25) is 4.99 Å². The zero-order valence-corrected chi connectivity index (χ0v) is 16.5. The summed E-state index contributed by atoms with van der Waals surface area (Å²) in [6.45, 7) is 11.0. The molecule has 2 aromatic rings. The maximum atomic E-state index is 5.78. The van der Waals surface area contributed by atoms with Crippen molar-refractivity contribution in [3.8, 4) is 5.75 Å². The molecular formula is C20H30N4O2. The van der Waals surface area contributed by atoms with Crippen molar-refractivity contribution >= 4 is 5.96 Å². The molecule has 0 aliphatic rings. The molecule has 6 heteroatoms. The standard InChI is InChI=1S/C20H30N4O2/c1-6-21-20(22-14-15(2)19-16(3)23-26-17(19)4)24(5)12-13-25-18-10-8-7-9-11-18/h7-11,15H,6,12-14H2,1-5H3,(H,21,22). The Labute approximate surface area is 156 Å². The van der Waals surface area contributed by atoms with Gasteiger partial charge in [-0.25, -0.2) is 0 Å². The predicted octanol–water partition coefficient (Wildman–Crippen LogP) is 3.37. The number of hydrogen-bond donors (Lipinski definition) is 1. The Morgan fingerprint density at radius 1 is 1.31 bits per heavy atom. The number of nitrogens with zero attached hydrogens (tertiary/aromatic N) is 3. The number of aromatic nitrogens is 1. The third-order valence-corrected chi connectivity index (χ3v) is 4.23. The van der Waals surface area contributed by atoms with Gasteiger partial charge in [0, 0.05) is 31.6 Å². The summed E-state index contributed by atoms with van der Waals surface area (Å²) in [4.78, 5) is 6.87. The first kappa shape index (κ1) is 19.8. The molecule has 0 bridgehead atoms. The van der Waals surface area contributed by atoms with E-state index in [9.17, 15) is 0 Å². The Bertz CT molecular complexity index is 678. The summed E-state index contributed by atoms with van der Waals surface area (Å²) in [5.41, 5.74) is 2.10. The van der Waals surface area contributed by atoms with E-state index in [4.69, 9.17) is 14.3 Å². The lowest BCUT2D eigenvalue weighted by atomic mass is 10.00. The van der Waals surface area contributed by atoms with Gasteiger partial charge in [-0.2, -0.15) is 0 Å². The Morgan fingerprint density at radius 2 is 2.04 bits per heavy atom. The van der Waals surface area contributed by atoms with E-state index < -0.39 is 0 Å². The number of ether oxygens (including phenoxy) is 1. The summed E-state index contributed by atoms with van der Waals surface area (Å²) in [7, 11) is 2.02. The second-order valence-corrected chi connectivity index (χ2v) is 6.42. The highest BCUT2D eigenvalue weighted by atomic mass is 16.5. The van der Waals surface area contributed by atoms with Gasteiger partial charge in [0.1, 0.15) is 18.1 Å². The fourth-order valence-electron chi connectivity index (χ4n) is 2.90. The number of aliphatic imine (C=N–C) groups is 1. The first-order chi connectivity index (χ1) is 12.5. The molecule has 1 aromatic heterocycles. The van der Waals surface area contributed by atoms with Crippen molar-refractivity contribution in [1.82, 2.24) is 15.4 Å². The van der Waals surface area contributed by atoms with E-state index in [0.717, 1.165) is 41.8 Å². The first-order valence-corrected chi connectivity index (χ1v) is 9.13. The monoisotopic (exact) mass is 358 g/mol. The zero-order chi connectivity index (χ0) is 18.9. The Kier molecular flexibility index (Phi) is 7.51. The third kappa shape index (κ3) is 5.51. The van der Waals surface area contributed by atoms with Crippen LogP contribution in [0.3, 0.4) is 0 Å². The highest BCUT2D eigenvalue weighted by Gasteiger charge is 2.16. The van der Waals surface area contributed by atoms with E-state index >= 15 is 0 Å². The van der Waals surface area contributed by atoms with Gasteiger partial charge < -0.3 is 19.5 Å². The molecule has 1 unspecified atom stereocenters. The number of guanidine groups is 1. The first-order valence-electron chi connectivity index (χ1n) is 9.13. The highest BCUT2D eigenvalue weighted by molar-refractivity contribution is 5.79. The van der Waals surface area contributed by atoms with Crippen molar-refractivity contribution in [2.45, 2.75) is 33.6 Å². The van der Waals surface area contributed by atoms with Gasteiger partial charge in [0.25, 0.3) is 0 Å². The van der Waals surface area contributed by atoms with Crippen molar-refractivity contribution in [2.24, 2.45) is 4.99 Å². The van der Waals surface area contributed by atoms with E-state index in [-0.39, 0.29) is 5.92 Å². The number of rotatable bonds is 8. The van der Waals surface area contributed by atoms with Crippen LogP contribution in [0.4, 0.5) is 0 Å². The van der Waals surface area contributed by atoms with Gasteiger partial charge in [-0.1, -0.05) is 30.3 Å². The SMILES string of the molecule is CCNC(=NCC(C)c1c(C)noc1C)N(C)CCOc1ccccc1. The molecule has 0 fully saturated rings. The van der Waals surface area contributed by atoms with Crippen LogP contribution in [0.15, 0.2) is 39.8 Å². The molecule has 1 N–H and O–H groups in total. The van der Waals surface area contributed by atoms with E-state index in [2.05, 4.69) is 29.2 Å². The topological polar surface area (TPSA) is 62.9 Å². The average molecular weight is 358 g/mol. The van der Waals surface area contributed by atoms with Gasteiger partial charge in [0.15, 0.2) is 5.96 Å². The summed E-state index contributed by atoms with van der Waals surface area (Å²) in [6, 6.07) is 9.85. The predicted molar refractivity (Wildman–Crippen MR) is 105 cm³/mol. The highest BCUT2D eigenvalue weighted by Crippen LogP contribution is 2.23. The Hall–Kier alpha value is -2.50. The summed E-state index contributed by atoms with van der Waals surface area (Å²) >= 11 is 0. The summed E-state index contributed by atoms with van der Waals surface area (Å²) in [5, 5.41) is 7.38. The number of para-hydroxylation sites is 1. The number of likely N-dealkylation sites (N-methyl/N-ethyl adjacent to an activating group) is 1. The van der Waals surface area contributed by atoms with E-state index in [1.807, 2.05) is 51.2 Å². The maximum Gasteiger partial charge on any atom is 0.193 e. The number of nitrogens with one attached hydrogen (secondary N) is 1. The molecule has 0 aliphatic carbocycles. The zero-order valence-electron chi connectivity index (χ0n) is 16.5. The normalized spacial score (nSPS) is 12.7. The molecule has 26 heavy (non-hydrogen) atoms. The molecule has 0 radical (unpaired) electrons. The molecule has 0 amide bonds. The molecule has 0 spiro atoms. The number of hydrogen-bond acceptors (Lipinski definition) is 4. The number of aryl methyl sites for hydroxylation is 2. The minimum Gasteiger partial charge on any atom is -0.492 e. The summed E-state index contributed by atoms with van der Waals surface area (Å²) < 4.78 is 11.0. The van der Waals surface area contributed by atoms with E-state index in [1.165, 1.54) is 0 Å². The van der Waals surface area contributed by atoms with Crippen LogP contribution >= 0.6 is 0 Å². The molecular weight excluding hydrogens is 328 g/mol. The van der Waals surface area contributed by atoms with Crippen LogP contribution in [0.1, 0.15) is 36.8 Å². The van der Waals surface area contributed by atoms with Crippen molar-refractivity contribution < 1.29 is 9.26 Å². The van der Waals surface area contributed by atoms with Crippen molar-refractivity contribution in [3.05, 3.63) is 47.3 Å². The van der Waals surface area contributed by atoms with E-state index in [1.54, 1.807) is 0 Å². The minimum atomic E-state index is 0.254. The minimum absolute atomic E-state index is 0.254. The van der Waals surface area contributed by atoms with Crippen molar-refractivity contribution in [3.63, 3.8) is 0 Å². The summed E-state index contributed by atoms with van der Waals surface area (Å²) in [5.74, 6) is 2.89. The third-order valence-electron chi connectivity index (χ3n) is 4.23. The molecule has 0 saturated carbocycles. The van der Waals surface area contributed by atoms with Gasteiger partial charge in [0.2, 0.25) is 0 Å². The average Bonchev–Trinajstić information content (AvgIpc) is 2.97. The fourth-order valence-corrected chi connectivity index (χ4v) is 2.90. The van der Waals surface area contributed by atoms with Crippen LogP contribution in [0, 0.1) is 13.8 Å². The fraction of sp³-hybridized carbons (Fsp3) is 0.500. The van der Waals surface area contributed by atoms with Gasteiger partial charge in [-0.15, -0.1) is 0 Å². The van der Waals surface area contributed by atoms with Crippen LogP contribution in [0.25, 0.3) is 0 Å². The summed E-state index contributed by atoms with van der Waals surface area (Å²) in [6.07, 6.45) is 0. The Morgan fingerprint density at radius 3 is 2.65 bits per heavy atom. The second-order valence-electron chi connectivity index (χ2n) is 6.42. The van der Waals surface area contributed by atoms with Crippen LogP contribution < -0.4 is 10.1 Å². The quantitative estimate of drug-likeness (QED) is 0.579. The molecule has 0 saturated heterocycles. The van der Waals surface area contributed by atoms with Crippen LogP contribution in [0.2, 0.25) is 0 Å². The number of benzene rings is 1.